The van der Waals surface area contributed by atoms with Crippen molar-refractivity contribution in [1.82, 2.24) is 4.57 Å². The van der Waals surface area contributed by atoms with Gasteiger partial charge >= 0.3 is 0 Å². The van der Waals surface area contributed by atoms with Gasteiger partial charge in [0.15, 0.2) is 4.80 Å². The summed E-state index contributed by atoms with van der Waals surface area (Å²) in [6.45, 7) is 7.77. The lowest BCUT2D eigenvalue weighted by atomic mass is 10.0. The molecule has 4 nitrogen and oxygen atoms in total. The Balaban J connectivity index is 1.90. The van der Waals surface area contributed by atoms with E-state index in [-0.39, 0.29) is 5.91 Å². The van der Waals surface area contributed by atoms with E-state index in [1.54, 1.807) is 23.1 Å². The summed E-state index contributed by atoms with van der Waals surface area (Å²) in [5.41, 5.74) is 3.38. The van der Waals surface area contributed by atoms with Crippen LogP contribution in [0.5, 0.6) is 5.75 Å². The zero-order chi connectivity index (χ0) is 20.8. The highest BCUT2D eigenvalue weighted by Crippen LogP contribution is 2.24. The number of hydrogen-bond donors (Lipinski definition) is 0. The second-order valence-corrected chi connectivity index (χ2v) is 9.16. The number of thiazole rings is 1. The molecule has 0 spiro atoms. The zero-order valence-electron chi connectivity index (χ0n) is 17.5. The van der Waals surface area contributed by atoms with Crippen LogP contribution in [0.2, 0.25) is 0 Å². The number of rotatable bonds is 8. The smallest absolute Gasteiger partial charge is 0.252 e. The Labute approximate surface area is 180 Å². The number of carbonyl (C=O) groups is 1. The predicted octanol–water partition coefficient (Wildman–Crippen LogP) is 5.26. The molecule has 3 rings (SSSR count). The lowest BCUT2D eigenvalue weighted by Gasteiger charge is -2.06. The van der Waals surface area contributed by atoms with Gasteiger partial charge in [-0.15, -0.1) is 0 Å². The fourth-order valence-electron chi connectivity index (χ4n) is 3.14. The maximum atomic E-state index is 12.7. The van der Waals surface area contributed by atoms with Crippen LogP contribution in [0.15, 0.2) is 47.5 Å². The molecule has 2 aromatic carbocycles. The van der Waals surface area contributed by atoms with E-state index in [0.717, 1.165) is 38.6 Å². The summed E-state index contributed by atoms with van der Waals surface area (Å²) >= 11 is 3.33. The van der Waals surface area contributed by atoms with Gasteiger partial charge in [-0.25, -0.2) is 0 Å². The van der Waals surface area contributed by atoms with E-state index in [0.29, 0.717) is 18.9 Å². The summed E-state index contributed by atoms with van der Waals surface area (Å²) in [4.78, 5) is 17.9. The van der Waals surface area contributed by atoms with E-state index in [9.17, 15) is 4.79 Å². The summed E-state index contributed by atoms with van der Waals surface area (Å²) in [6, 6.07) is 14.3. The maximum absolute atomic E-state index is 12.7. The van der Waals surface area contributed by atoms with E-state index >= 15 is 0 Å². The highest BCUT2D eigenvalue weighted by Gasteiger charge is 2.10. The topological polar surface area (TPSA) is 43.6 Å². The molecule has 1 heterocycles. The molecule has 6 heteroatoms. The van der Waals surface area contributed by atoms with E-state index < -0.39 is 0 Å². The highest BCUT2D eigenvalue weighted by atomic mass is 32.2. The van der Waals surface area contributed by atoms with Gasteiger partial charge in [0.2, 0.25) is 0 Å². The van der Waals surface area contributed by atoms with Crippen LogP contribution in [0.1, 0.15) is 37.8 Å². The molecule has 3 aromatic rings. The van der Waals surface area contributed by atoms with Crippen molar-refractivity contribution in [3.8, 4) is 5.75 Å². The largest absolute Gasteiger partial charge is 0.494 e. The van der Waals surface area contributed by atoms with Crippen molar-refractivity contribution in [2.45, 2.75) is 39.7 Å². The van der Waals surface area contributed by atoms with Crippen molar-refractivity contribution < 1.29 is 9.53 Å². The average Bonchev–Trinajstić information content (AvgIpc) is 3.03. The lowest BCUT2D eigenvalue weighted by Crippen LogP contribution is -2.18. The summed E-state index contributed by atoms with van der Waals surface area (Å²) < 4.78 is 8.86. The Hall–Kier alpha value is -2.05. The van der Waals surface area contributed by atoms with E-state index in [1.165, 1.54) is 5.56 Å². The first kappa shape index (κ1) is 21.7. The molecule has 29 heavy (non-hydrogen) atoms. The van der Waals surface area contributed by atoms with Gasteiger partial charge in [-0.3, -0.25) is 4.79 Å². The Kier molecular flexibility index (Phi) is 7.56. The van der Waals surface area contributed by atoms with E-state index in [2.05, 4.69) is 47.9 Å². The number of hydrogen-bond acceptors (Lipinski definition) is 4. The van der Waals surface area contributed by atoms with Gasteiger partial charge in [0.25, 0.3) is 5.91 Å². The average molecular weight is 429 g/mol. The molecule has 0 saturated heterocycles. The lowest BCUT2D eigenvalue weighted by molar-refractivity contribution is -0.117. The summed E-state index contributed by atoms with van der Waals surface area (Å²) in [7, 11) is 0. The van der Waals surface area contributed by atoms with Gasteiger partial charge in [-0.1, -0.05) is 49.4 Å². The second kappa shape index (κ2) is 10.1. The number of aromatic nitrogens is 1. The number of thioether (sulfide) groups is 1. The minimum Gasteiger partial charge on any atom is -0.494 e. The molecule has 1 aromatic heterocycles. The van der Waals surface area contributed by atoms with Gasteiger partial charge in [0, 0.05) is 12.3 Å². The van der Waals surface area contributed by atoms with Crippen LogP contribution in [0, 0.1) is 0 Å². The van der Waals surface area contributed by atoms with Gasteiger partial charge in [0.05, 0.1) is 23.2 Å². The number of fused-ring (bicyclic) bond motifs is 1. The molecule has 0 atom stereocenters. The zero-order valence-corrected chi connectivity index (χ0v) is 19.1. The molecule has 0 aliphatic heterocycles. The molecule has 0 fully saturated rings. The van der Waals surface area contributed by atoms with Gasteiger partial charge in [-0.05, 0) is 48.4 Å². The number of carbonyl (C=O) groups excluding carboxylic acids is 1. The quantitative estimate of drug-likeness (QED) is 0.492. The molecule has 0 N–H and O–H groups in total. The van der Waals surface area contributed by atoms with Crippen LogP contribution in [0.4, 0.5) is 0 Å². The van der Waals surface area contributed by atoms with Crippen molar-refractivity contribution in [1.29, 1.82) is 0 Å². The fourth-order valence-corrected chi connectivity index (χ4v) is 4.60. The number of nitrogens with zero attached hydrogens (tertiary/aromatic N) is 2. The molecule has 0 bridgehead atoms. The third-order valence-electron chi connectivity index (χ3n) is 4.71. The van der Waals surface area contributed by atoms with Crippen molar-refractivity contribution >= 4 is 39.2 Å². The number of benzene rings is 2. The molecule has 154 valence electrons. The fraction of sp³-hybridized carbons (Fsp3) is 0.391. The van der Waals surface area contributed by atoms with Crippen LogP contribution in [0.25, 0.3) is 10.2 Å². The van der Waals surface area contributed by atoms with Crippen LogP contribution in [0.3, 0.4) is 0 Å². The first-order valence-electron chi connectivity index (χ1n) is 9.93. The van der Waals surface area contributed by atoms with Gasteiger partial charge in [-0.2, -0.15) is 16.8 Å². The molecule has 0 unspecified atom stereocenters. The molecule has 0 aliphatic carbocycles. The molecule has 0 radical (unpaired) electrons. The minimum absolute atomic E-state index is 0.114. The Bertz CT molecular complexity index is 1030. The van der Waals surface area contributed by atoms with Crippen molar-refractivity contribution in [2.75, 3.05) is 18.6 Å². The first-order chi connectivity index (χ1) is 14.0. The van der Waals surface area contributed by atoms with Crippen LogP contribution >= 0.6 is 23.1 Å². The summed E-state index contributed by atoms with van der Waals surface area (Å²) in [5, 5.41) is 0. The third-order valence-corrected chi connectivity index (χ3v) is 6.34. The molecular formula is C23H28N2O2S2. The molecule has 0 saturated carbocycles. The Morgan fingerprint density at radius 2 is 1.97 bits per heavy atom. The van der Waals surface area contributed by atoms with Crippen molar-refractivity contribution in [3.63, 3.8) is 0 Å². The summed E-state index contributed by atoms with van der Waals surface area (Å²) in [5.74, 6) is 2.19. The van der Waals surface area contributed by atoms with Crippen molar-refractivity contribution in [2.24, 2.45) is 4.99 Å². The predicted molar refractivity (Wildman–Crippen MR) is 124 cm³/mol. The van der Waals surface area contributed by atoms with E-state index in [1.807, 2.05) is 31.2 Å². The van der Waals surface area contributed by atoms with Gasteiger partial charge < -0.3 is 9.30 Å². The van der Waals surface area contributed by atoms with Gasteiger partial charge in [0.1, 0.15) is 5.75 Å². The Morgan fingerprint density at radius 3 is 2.62 bits per heavy atom. The molecule has 1 amide bonds. The van der Waals surface area contributed by atoms with Crippen LogP contribution in [-0.2, 0) is 17.8 Å². The second-order valence-electron chi connectivity index (χ2n) is 7.17. The monoisotopic (exact) mass is 428 g/mol. The first-order valence-corrected chi connectivity index (χ1v) is 12.1. The normalized spacial score (nSPS) is 12.1. The SMILES string of the molecule is CCOc1ccc2c(c1)sc(=NC(=O)Cc1ccc(C(C)C)cc1)n2CCSC. The number of amides is 1. The van der Waals surface area contributed by atoms with Crippen molar-refractivity contribution in [3.05, 3.63) is 58.4 Å². The molecule has 0 aliphatic rings. The summed E-state index contributed by atoms with van der Waals surface area (Å²) in [6.07, 6.45) is 2.41. The highest BCUT2D eigenvalue weighted by molar-refractivity contribution is 7.98. The van der Waals surface area contributed by atoms with Crippen LogP contribution < -0.4 is 9.54 Å². The standard InChI is InChI=1S/C23H28N2O2S2/c1-5-27-19-10-11-20-21(15-19)29-23(25(20)12-13-28-4)24-22(26)14-17-6-8-18(9-7-17)16(2)3/h6-11,15-16H,5,12-14H2,1-4H3. The Morgan fingerprint density at radius 1 is 1.21 bits per heavy atom. The minimum atomic E-state index is -0.114. The maximum Gasteiger partial charge on any atom is 0.252 e. The van der Waals surface area contributed by atoms with E-state index in [4.69, 9.17) is 4.74 Å². The van der Waals surface area contributed by atoms with Crippen LogP contribution in [-0.4, -0.2) is 29.1 Å². The molecular weight excluding hydrogens is 400 g/mol. The number of aryl methyl sites for hydroxylation is 1. The number of ether oxygens (including phenoxy) is 1. The third kappa shape index (κ3) is 5.52.